The largest absolute Gasteiger partial charge is 0.102 e. The van der Waals surface area contributed by atoms with Gasteiger partial charge in [0.25, 0.3) is 0 Å². The van der Waals surface area contributed by atoms with E-state index in [-0.39, 0.29) is 0 Å². The number of rotatable bonds is 3. The lowest BCUT2D eigenvalue weighted by Crippen LogP contribution is -1.92. The van der Waals surface area contributed by atoms with Crippen molar-refractivity contribution in [1.29, 1.82) is 0 Å². The Morgan fingerprint density at radius 3 is 2.69 bits per heavy atom. The van der Waals surface area contributed by atoms with E-state index in [0.717, 1.165) is 10.9 Å². The fourth-order valence-corrected chi connectivity index (χ4v) is 1.74. The van der Waals surface area contributed by atoms with Crippen LogP contribution in [0.4, 0.5) is 0 Å². The smallest absolute Gasteiger partial charge is 0.0230 e. The van der Waals surface area contributed by atoms with Crippen molar-refractivity contribution >= 4 is 15.9 Å². The summed E-state index contributed by atoms with van der Waals surface area (Å²) in [5.41, 5.74) is 2.60. The molecule has 69 valence electrons. The fraction of sp³-hybridized carbons (Fsp3) is 0.250. The Balaban J connectivity index is 3.07. The van der Waals surface area contributed by atoms with Crippen molar-refractivity contribution in [2.45, 2.75) is 20.3 Å². The van der Waals surface area contributed by atoms with Crippen LogP contribution in [0.15, 0.2) is 35.3 Å². The first kappa shape index (κ1) is 10.5. The molecule has 0 aliphatic heterocycles. The lowest BCUT2D eigenvalue weighted by molar-refractivity contribution is 1.12. The van der Waals surface area contributed by atoms with E-state index in [1.807, 2.05) is 6.08 Å². The molecule has 0 saturated carbocycles. The van der Waals surface area contributed by atoms with Gasteiger partial charge in [-0.15, -0.1) is 6.58 Å². The van der Waals surface area contributed by atoms with E-state index < -0.39 is 0 Å². The van der Waals surface area contributed by atoms with E-state index in [0.29, 0.717) is 0 Å². The van der Waals surface area contributed by atoms with Gasteiger partial charge < -0.3 is 0 Å². The van der Waals surface area contributed by atoms with Crippen molar-refractivity contribution in [2.75, 3.05) is 0 Å². The van der Waals surface area contributed by atoms with Crippen LogP contribution < -0.4 is 0 Å². The minimum absolute atomic E-state index is 1.07. The van der Waals surface area contributed by atoms with E-state index >= 15 is 0 Å². The van der Waals surface area contributed by atoms with Gasteiger partial charge in [-0.1, -0.05) is 41.9 Å². The molecule has 0 saturated heterocycles. The molecule has 13 heavy (non-hydrogen) atoms. The summed E-state index contributed by atoms with van der Waals surface area (Å²) in [6.45, 7) is 8.01. The Bertz CT molecular complexity index is 302. The summed E-state index contributed by atoms with van der Waals surface area (Å²) in [4.78, 5) is 0. The molecule has 0 spiro atoms. The molecular formula is C12H14Br. The SMILES string of the molecule is C=C[C](C)c1cc(Br)cc(CC)c1. The summed E-state index contributed by atoms with van der Waals surface area (Å²) in [5.74, 6) is 1.22. The van der Waals surface area contributed by atoms with Crippen molar-refractivity contribution in [2.24, 2.45) is 0 Å². The molecule has 1 aromatic rings. The van der Waals surface area contributed by atoms with Gasteiger partial charge in [0.15, 0.2) is 0 Å². The van der Waals surface area contributed by atoms with Gasteiger partial charge in [-0.3, -0.25) is 0 Å². The fourth-order valence-electron chi connectivity index (χ4n) is 1.20. The summed E-state index contributed by atoms with van der Waals surface area (Å²) in [7, 11) is 0. The Kier molecular flexibility index (Phi) is 3.73. The standard InChI is InChI=1S/C12H14Br/c1-4-9(3)11-6-10(5-2)7-12(13)8-11/h4,6-8H,1,5H2,2-3H3. The minimum Gasteiger partial charge on any atom is -0.102 e. The lowest BCUT2D eigenvalue weighted by atomic mass is 9.98. The Morgan fingerprint density at radius 2 is 2.15 bits per heavy atom. The molecule has 0 fully saturated rings. The van der Waals surface area contributed by atoms with Crippen LogP contribution in [-0.4, -0.2) is 0 Å². The van der Waals surface area contributed by atoms with Gasteiger partial charge in [-0.25, -0.2) is 0 Å². The molecule has 0 unspecified atom stereocenters. The molecule has 1 radical (unpaired) electrons. The maximum atomic E-state index is 3.77. The zero-order valence-corrected chi connectivity index (χ0v) is 9.69. The zero-order valence-electron chi connectivity index (χ0n) is 8.10. The molecule has 0 bridgehead atoms. The highest BCUT2D eigenvalue weighted by Crippen LogP contribution is 2.22. The van der Waals surface area contributed by atoms with E-state index in [1.54, 1.807) is 0 Å². The highest BCUT2D eigenvalue weighted by Gasteiger charge is 2.03. The van der Waals surface area contributed by atoms with E-state index in [4.69, 9.17) is 0 Å². The molecule has 0 atom stereocenters. The zero-order chi connectivity index (χ0) is 9.84. The van der Waals surface area contributed by atoms with Crippen LogP contribution in [0.3, 0.4) is 0 Å². The van der Waals surface area contributed by atoms with Gasteiger partial charge in [0.1, 0.15) is 0 Å². The second kappa shape index (κ2) is 4.61. The van der Waals surface area contributed by atoms with Crippen LogP contribution in [-0.2, 0) is 6.42 Å². The summed E-state index contributed by atoms with van der Waals surface area (Å²) < 4.78 is 1.14. The number of halogens is 1. The summed E-state index contributed by atoms with van der Waals surface area (Å²) in [6.07, 6.45) is 2.96. The highest BCUT2D eigenvalue weighted by molar-refractivity contribution is 9.10. The maximum Gasteiger partial charge on any atom is 0.0230 e. The van der Waals surface area contributed by atoms with Crippen molar-refractivity contribution in [3.05, 3.63) is 52.4 Å². The quantitative estimate of drug-likeness (QED) is 0.742. The molecule has 0 heterocycles. The predicted octanol–water partition coefficient (Wildman–Crippen LogP) is 4.14. The molecule has 1 rings (SSSR count). The Hall–Kier alpha value is -0.560. The number of aryl methyl sites for hydroxylation is 1. The Morgan fingerprint density at radius 1 is 1.46 bits per heavy atom. The van der Waals surface area contributed by atoms with Crippen LogP contribution in [0.1, 0.15) is 25.0 Å². The topological polar surface area (TPSA) is 0 Å². The molecule has 0 aliphatic carbocycles. The van der Waals surface area contributed by atoms with Crippen molar-refractivity contribution in [1.82, 2.24) is 0 Å². The summed E-state index contributed by atoms with van der Waals surface area (Å²) in [5, 5.41) is 0. The third-order valence-electron chi connectivity index (χ3n) is 2.13. The first-order chi connectivity index (χ1) is 6.17. The van der Waals surface area contributed by atoms with Gasteiger partial charge in [0.05, 0.1) is 0 Å². The van der Waals surface area contributed by atoms with Crippen LogP contribution in [0.2, 0.25) is 0 Å². The average Bonchev–Trinajstić information content (AvgIpc) is 2.15. The van der Waals surface area contributed by atoms with E-state index in [9.17, 15) is 0 Å². The molecule has 1 heteroatoms. The van der Waals surface area contributed by atoms with Crippen molar-refractivity contribution < 1.29 is 0 Å². The van der Waals surface area contributed by atoms with E-state index in [2.05, 4.69) is 54.6 Å². The molecule has 0 aliphatic rings. The van der Waals surface area contributed by atoms with Gasteiger partial charge in [0.2, 0.25) is 0 Å². The third-order valence-corrected chi connectivity index (χ3v) is 2.59. The molecule has 0 nitrogen and oxygen atoms in total. The van der Waals surface area contributed by atoms with Crippen LogP contribution in [0.25, 0.3) is 0 Å². The molecular weight excluding hydrogens is 224 g/mol. The molecule has 0 N–H and O–H groups in total. The summed E-state index contributed by atoms with van der Waals surface area (Å²) >= 11 is 3.50. The maximum absolute atomic E-state index is 3.77. The lowest BCUT2D eigenvalue weighted by Gasteiger charge is -2.08. The third kappa shape index (κ3) is 2.70. The van der Waals surface area contributed by atoms with Gasteiger partial charge in [0, 0.05) is 10.4 Å². The van der Waals surface area contributed by atoms with Gasteiger partial charge in [-0.2, -0.15) is 0 Å². The number of hydrogen-bond acceptors (Lipinski definition) is 0. The second-order valence-corrected chi connectivity index (χ2v) is 4.00. The first-order valence-corrected chi connectivity index (χ1v) is 5.22. The van der Waals surface area contributed by atoms with Crippen LogP contribution in [0, 0.1) is 5.92 Å². The highest BCUT2D eigenvalue weighted by atomic mass is 79.9. The monoisotopic (exact) mass is 237 g/mol. The number of allylic oxidation sites excluding steroid dienone is 1. The first-order valence-electron chi connectivity index (χ1n) is 4.43. The summed E-state index contributed by atoms with van der Waals surface area (Å²) in [6, 6.07) is 6.48. The molecule has 0 amide bonds. The van der Waals surface area contributed by atoms with Crippen molar-refractivity contribution in [3.8, 4) is 0 Å². The molecule has 0 aromatic heterocycles. The normalized spacial score (nSPS) is 10.5. The second-order valence-electron chi connectivity index (χ2n) is 3.09. The number of hydrogen-bond donors (Lipinski definition) is 0. The Labute approximate surface area is 88.8 Å². The molecule has 1 aromatic carbocycles. The van der Waals surface area contributed by atoms with Gasteiger partial charge >= 0.3 is 0 Å². The predicted molar refractivity (Wildman–Crippen MR) is 61.7 cm³/mol. The van der Waals surface area contributed by atoms with E-state index in [1.165, 1.54) is 17.0 Å². The minimum atomic E-state index is 1.07. The van der Waals surface area contributed by atoms with Gasteiger partial charge in [-0.05, 0) is 29.7 Å². The number of benzene rings is 1. The van der Waals surface area contributed by atoms with Crippen LogP contribution in [0.5, 0.6) is 0 Å². The van der Waals surface area contributed by atoms with Crippen LogP contribution >= 0.6 is 15.9 Å². The van der Waals surface area contributed by atoms with Crippen molar-refractivity contribution in [3.63, 3.8) is 0 Å². The average molecular weight is 238 g/mol.